The van der Waals surface area contributed by atoms with Crippen molar-refractivity contribution in [3.05, 3.63) is 94.5 Å². The Morgan fingerprint density at radius 3 is 2.56 bits per heavy atom. The number of hydrazone groups is 1. The molecule has 0 radical (unpaired) electrons. The molecule has 0 aliphatic heterocycles. The number of ether oxygens (including phenoxy) is 1. The zero-order valence-corrected chi connectivity index (χ0v) is 15.2. The number of amides is 1. The van der Waals surface area contributed by atoms with E-state index in [0.717, 1.165) is 11.1 Å². The van der Waals surface area contributed by atoms with Gasteiger partial charge in [-0.05, 0) is 41.5 Å². The van der Waals surface area contributed by atoms with Gasteiger partial charge in [0.25, 0.3) is 5.91 Å². The Morgan fingerprint density at radius 1 is 1.07 bits per heavy atom. The third kappa shape index (κ3) is 5.09. The van der Waals surface area contributed by atoms with Gasteiger partial charge in [0.15, 0.2) is 0 Å². The summed E-state index contributed by atoms with van der Waals surface area (Å²) in [5.41, 5.74) is 10.8. The third-order valence-electron chi connectivity index (χ3n) is 3.78. The van der Waals surface area contributed by atoms with Crippen molar-refractivity contribution in [3.8, 4) is 5.75 Å². The van der Waals surface area contributed by atoms with Crippen molar-refractivity contribution in [1.82, 2.24) is 5.43 Å². The molecule has 0 bridgehead atoms. The summed E-state index contributed by atoms with van der Waals surface area (Å²) in [5.74, 6) is 0.206. The molecule has 27 heavy (non-hydrogen) atoms. The van der Waals surface area contributed by atoms with Crippen LogP contribution in [-0.2, 0) is 6.61 Å². The highest BCUT2D eigenvalue weighted by atomic mass is 35.5. The molecule has 0 aliphatic carbocycles. The molecule has 5 nitrogen and oxygen atoms in total. The highest BCUT2D eigenvalue weighted by molar-refractivity contribution is 6.32. The summed E-state index contributed by atoms with van der Waals surface area (Å²) in [7, 11) is 0. The van der Waals surface area contributed by atoms with Gasteiger partial charge in [0, 0.05) is 5.69 Å². The quantitative estimate of drug-likeness (QED) is 0.381. The van der Waals surface area contributed by atoms with E-state index in [0.29, 0.717) is 28.6 Å². The zero-order valence-electron chi connectivity index (χ0n) is 14.4. The number of benzene rings is 3. The Balaban J connectivity index is 1.59. The summed E-state index contributed by atoms with van der Waals surface area (Å²) in [6, 6.07) is 21.9. The van der Waals surface area contributed by atoms with E-state index in [1.165, 1.54) is 6.21 Å². The molecule has 3 aromatic rings. The summed E-state index contributed by atoms with van der Waals surface area (Å²) in [5, 5.41) is 4.41. The SMILES string of the molecule is Nc1ccccc1C(=O)N/N=C\c1ccc(OCc2ccccc2)c(Cl)c1. The lowest BCUT2D eigenvalue weighted by atomic mass is 10.2. The fourth-order valence-electron chi connectivity index (χ4n) is 2.38. The molecule has 0 unspecified atom stereocenters. The van der Waals surface area contributed by atoms with Crippen LogP contribution < -0.4 is 15.9 Å². The minimum Gasteiger partial charge on any atom is -0.487 e. The van der Waals surface area contributed by atoms with Crippen molar-refractivity contribution in [2.24, 2.45) is 5.10 Å². The second-order valence-electron chi connectivity index (χ2n) is 5.75. The van der Waals surface area contributed by atoms with Gasteiger partial charge in [-0.2, -0.15) is 5.10 Å². The number of anilines is 1. The normalized spacial score (nSPS) is 10.7. The van der Waals surface area contributed by atoms with Gasteiger partial charge in [0.1, 0.15) is 12.4 Å². The number of nitrogens with one attached hydrogen (secondary N) is 1. The summed E-state index contributed by atoms with van der Waals surface area (Å²) in [4.78, 5) is 12.0. The number of rotatable bonds is 6. The number of hydrogen-bond donors (Lipinski definition) is 2. The van der Waals surface area contributed by atoms with Crippen LogP contribution in [0.1, 0.15) is 21.5 Å². The van der Waals surface area contributed by atoms with Gasteiger partial charge in [-0.25, -0.2) is 5.43 Å². The summed E-state index contributed by atoms with van der Waals surface area (Å²) < 4.78 is 5.73. The van der Waals surface area contributed by atoms with Crippen molar-refractivity contribution in [2.45, 2.75) is 6.61 Å². The Bertz CT molecular complexity index is 959. The topological polar surface area (TPSA) is 76.7 Å². The molecule has 6 heteroatoms. The smallest absolute Gasteiger partial charge is 0.273 e. The minimum absolute atomic E-state index is 0.373. The van der Waals surface area contributed by atoms with Crippen molar-refractivity contribution < 1.29 is 9.53 Å². The van der Waals surface area contributed by atoms with E-state index in [2.05, 4.69) is 10.5 Å². The van der Waals surface area contributed by atoms with Gasteiger partial charge in [-0.1, -0.05) is 54.1 Å². The van der Waals surface area contributed by atoms with Crippen molar-refractivity contribution >= 4 is 29.4 Å². The first-order chi connectivity index (χ1) is 13.1. The highest BCUT2D eigenvalue weighted by Crippen LogP contribution is 2.25. The number of halogens is 1. The maximum absolute atomic E-state index is 12.0. The predicted octanol–water partition coefficient (Wildman–Crippen LogP) is 4.27. The fourth-order valence-corrected chi connectivity index (χ4v) is 2.62. The first kappa shape index (κ1) is 18.5. The van der Waals surface area contributed by atoms with E-state index in [9.17, 15) is 4.79 Å². The van der Waals surface area contributed by atoms with Crippen LogP contribution in [0.25, 0.3) is 0 Å². The maximum atomic E-state index is 12.0. The highest BCUT2D eigenvalue weighted by Gasteiger charge is 2.07. The number of carbonyl (C=O) groups excluding carboxylic acids is 1. The van der Waals surface area contributed by atoms with Crippen molar-refractivity contribution in [1.29, 1.82) is 0 Å². The lowest BCUT2D eigenvalue weighted by Gasteiger charge is -2.08. The molecule has 0 aromatic heterocycles. The second-order valence-corrected chi connectivity index (χ2v) is 6.16. The molecule has 3 rings (SSSR count). The van der Waals surface area contributed by atoms with Gasteiger partial charge < -0.3 is 10.5 Å². The number of hydrogen-bond acceptors (Lipinski definition) is 4. The molecule has 0 fully saturated rings. The summed E-state index contributed by atoms with van der Waals surface area (Å²) in [6.45, 7) is 0.433. The average molecular weight is 380 g/mol. The first-order valence-corrected chi connectivity index (χ1v) is 8.65. The van der Waals surface area contributed by atoms with E-state index in [1.54, 1.807) is 42.5 Å². The molecule has 0 spiro atoms. The van der Waals surface area contributed by atoms with E-state index in [-0.39, 0.29) is 5.91 Å². The number of nitrogens with two attached hydrogens (primary N) is 1. The van der Waals surface area contributed by atoms with Crippen LogP contribution >= 0.6 is 11.6 Å². The Kier molecular flexibility index (Phi) is 6.07. The monoisotopic (exact) mass is 379 g/mol. The number of nitrogens with zero attached hydrogens (tertiary/aromatic N) is 1. The van der Waals surface area contributed by atoms with E-state index in [4.69, 9.17) is 22.1 Å². The molecule has 1 amide bonds. The van der Waals surface area contributed by atoms with Gasteiger partial charge >= 0.3 is 0 Å². The molecular formula is C21H18ClN3O2. The molecule has 3 N–H and O–H groups in total. The van der Waals surface area contributed by atoms with Crippen LogP contribution in [-0.4, -0.2) is 12.1 Å². The molecule has 3 aromatic carbocycles. The molecule has 136 valence electrons. The maximum Gasteiger partial charge on any atom is 0.273 e. The van der Waals surface area contributed by atoms with Gasteiger partial charge in [-0.3, -0.25) is 4.79 Å². The van der Waals surface area contributed by atoms with Gasteiger partial charge in [0.05, 0.1) is 16.8 Å². The summed E-state index contributed by atoms with van der Waals surface area (Å²) >= 11 is 6.26. The Hall–Kier alpha value is -3.31. The van der Waals surface area contributed by atoms with E-state index in [1.807, 2.05) is 30.3 Å². The number of para-hydroxylation sites is 1. The van der Waals surface area contributed by atoms with Crippen LogP contribution in [0, 0.1) is 0 Å². The Morgan fingerprint density at radius 2 is 1.81 bits per heavy atom. The van der Waals surface area contributed by atoms with Crippen LogP contribution in [0.2, 0.25) is 5.02 Å². The molecule has 0 saturated heterocycles. The Labute approximate surface area is 162 Å². The van der Waals surface area contributed by atoms with Crippen LogP contribution in [0.15, 0.2) is 77.9 Å². The van der Waals surface area contributed by atoms with Crippen LogP contribution in [0.5, 0.6) is 5.75 Å². The third-order valence-corrected chi connectivity index (χ3v) is 4.07. The van der Waals surface area contributed by atoms with E-state index >= 15 is 0 Å². The molecule has 0 heterocycles. The average Bonchev–Trinajstić information content (AvgIpc) is 2.68. The van der Waals surface area contributed by atoms with Crippen LogP contribution in [0.4, 0.5) is 5.69 Å². The number of carbonyl (C=O) groups is 1. The second kappa shape index (κ2) is 8.87. The zero-order chi connectivity index (χ0) is 19.1. The van der Waals surface area contributed by atoms with Crippen molar-refractivity contribution in [3.63, 3.8) is 0 Å². The molecule has 0 aliphatic rings. The van der Waals surface area contributed by atoms with Crippen molar-refractivity contribution in [2.75, 3.05) is 5.73 Å². The lowest BCUT2D eigenvalue weighted by Crippen LogP contribution is -2.18. The van der Waals surface area contributed by atoms with Gasteiger partial charge in [0.2, 0.25) is 0 Å². The number of nitrogen functional groups attached to an aromatic ring is 1. The predicted molar refractivity (Wildman–Crippen MR) is 108 cm³/mol. The lowest BCUT2D eigenvalue weighted by molar-refractivity contribution is 0.0956. The first-order valence-electron chi connectivity index (χ1n) is 8.27. The van der Waals surface area contributed by atoms with Crippen LogP contribution in [0.3, 0.4) is 0 Å². The standard InChI is InChI=1S/C21H18ClN3O2/c22-18-12-16(10-11-20(18)27-14-15-6-2-1-3-7-15)13-24-25-21(26)17-8-4-5-9-19(17)23/h1-13H,14,23H2,(H,25,26)/b24-13-. The molecule has 0 atom stereocenters. The molecule has 0 saturated carbocycles. The largest absolute Gasteiger partial charge is 0.487 e. The van der Waals surface area contributed by atoms with Gasteiger partial charge in [-0.15, -0.1) is 0 Å². The van der Waals surface area contributed by atoms with E-state index < -0.39 is 0 Å². The molecular weight excluding hydrogens is 362 g/mol. The minimum atomic E-state index is -0.377. The summed E-state index contributed by atoms with van der Waals surface area (Å²) in [6.07, 6.45) is 1.50. The fraction of sp³-hybridized carbons (Fsp3) is 0.0476.